The number of halogens is 2. The summed E-state index contributed by atoms with van der Waals surface area (Å²) < 4.78 is 2.22. The van der Waals surface area contributed by atoms with Gasteiger partial charge in [0.1, 0.15) is 5.78 Å². The van der Waals surface area contributed by atoms with Gasteiger partial charge in [0, 0.05) is 52.9 Å². The fourth-order valence-electron chi connectivity index (χ4n) is 6.12. The molecule has 2 aromatic rings. The molecule has 1 aromatic carbocycles. The maximum absolute atomic E-state index is 13.1. The van der Waals surface area contributed by atoms with Gasteiger partial charge in [0.2, 0.25) is 5.91 Å². The number of amides is 1. The zero-order valence-corrected chi connectivity index (χ0v) is 22.3. The summed E-state index contributed by atoms with van der Waals surface area (Å²) in [6.07, 6.45) is 8.51. The Balaban J connectivity index is 1.41. The van der Waals surface area contributed by atoms with Crippen LogP contribution in [0, 0.1) is 18.8 Å². The van der Waals surface area contributed by atoms with E-state index in [2.05, 4.69) is 61.9 Å². The summed E-state index contributed by atoms with van der Waals surface area (Å²) in [5.74, 6) is 1.30. The van der Waals surface area contributed by atoms with E-state index in [1.54, 1.807) is 0 Å². The Morgan fingerprint density at radius 3 is 2.39 bits per heavy atom. The third-order valence-corrected chi connectivity index (χ3v) is 8.90. The number of hydrogen-bond donors (Lipinski definition) is 0. The first-order chi connectivity index (χ1) is 15.9. The monoisotopic (exact) mass is 572 g/mol. The fourth-order valence-corrected chi connectivity index (χ4v) is 7.36. The molecule has 1 saturated carbocycles. The molecule has 0 unspecified atom stereocenters. The van der Waals surface area contributed by atoms with Crippen molar-refractivity contribution in [3.63, 3.8) is 0 Å². The van der Waals surface area contributed by atoms with Gasteiger partial charge in [0.15, 0.2) is 0 Å². The van der Waals surface area contributed by atoms with E-state index in [-0.39, 0.29) is 17.7 Å². The molecule has 0 spiro atoms. The van der Waals surface area contributed by atoms with Gasteiger partial charge in [0.05, 0.1) is 5.69 Å². The van der Waals surface area contributed by atoms with Crippen LogP contribution in [0.4, 0.5) is 0 Å². The molecule has 2 fully saturated rings. The molecule has 1 saturated heterocycles. The summed E-state index contributed by atoms with van der Waals surface area (Å²) in [6, 6.07) is 6.82. The molecular weight excluding hydrogens is 544 g/mol. The van der Waals surface area contributed by atoms with Crippen molar-refractivity contribution in [1.82, 2.24) is 9.88 Å². The highest BCUT2D eigenvalue weighted by molar-refractivity contribution is 9.10. The normalized spacial score (nSPS) is 22.0. The number of nitrogens with zero attached hydrogens (tertiary/aromatic N) is 2. The molecule has 0 radical (unpaired) electrons. The number of fused-ring (bicyclic) bond motifs is 2. The van der Waals surface area contributed by atoms with E-state index in [0.717, 1.165) is 56.1 Å². The van der Waals surface area contributed by atoms with Crippen LogP contribution in [0.1, 0.15) is 72.4 Å². The highest BCUT2D eigenvalue weighted by atomic mass is 79.9. The quantitative estimate of drug-likeness (QED) is 0.433. The van der Waals surface area contributed by atoms with Gasteiger partial charge < -0.3 is 4.90 Å². The lowest BCUT2D eigenvalue weighted by atomic mass is 9.76. The molecule has 3 aliphatic rings. The minimum absolute atomic E-state index is 0.0368. The Hall–Kier alpha value is -1.53. The van der Waals surface area contributed by atoms with Crippen LogP contribution in [0.25, 0.3) is 0 Å². The molecule has 1 amide bonds. The molecule has 6 heteroatoms. The van der Waals surface area contributed by atoms with E-state index in [0.29, 0.717) is 24.5 Å². The van der Waals surface area contributed by atoms with Gasteiger partial charge in [-0.2, -0.15) is 0 Å². The highest BCUT2D eigenvalue weighted by Gasteiger charge is 2.37. The Morgan fingerprint density at radius 2 is 1.67 bits per heavy atom. The first kappa shape index (κ1) is 23.2. The highest BCUT2D eigenvalue weighted by Crippen LogP contribution is 2.46. The van der Waals surface area contributed by atoms with Crippen LogP contribution >= 0.6 is 31.9 Å². The van der Waals surface area contributed by atoms with E-state index >= 15 is 0 Å². The lowest BCUT2D eigenvalue weighted by molar-refractivity contribution is -0.139. The number of ketones is 1. The van der Waals surface area contributed by atoms with Crippen molar-refractivity contribution in [3.05, 3.63) is 61.3 Å². The number of rotatable bonds is 2. The van der Waals surface area contributed by atoms with Crippen molar-refractivity contribution in [2.45, 2.75) is 64.2 Å². The molecular formula is C27H30Br2N2O2. The molecule has 33 heavy (non-hydrogen) atoms. The van der Waals surface area contributed by atoms with Gasteiger partial charge in [-0.15, -0.1) is 0 Å². The maximum Gasteiger partial charge on any atom is 0.225 e. The van der Waals surface area contributed by atoms with Crippen molar-refractivity contribution < 1.29 is 9.59 Å². The van der Waals surface area contributed by atoms with Crippen LogP contribution in [0.3, 0.4) is 0 Å². The zero-order valence-electron chi connectivity index (χ0n) is 19.1. The van der Waals surface area contributed by atoms with Gasteiger partial charge in [-0.1, -0.05) is 22.0 Å². The molecule has 5 rings (SSSR count). The van der Waals surface area contributed by atoms with Gasteiger partial charge in [0.25, 0.3) is 0 Å². The van der Waals surface area contributed by atoms with Crippen LogP contribution in [0.2, 0.25) is 0 Å². The van der Waals surface area contributed by atoms with Crippen LogP contribution in [0.5, 0.6) is 0 Å². The Kier molecular flexibility index (Phi) is 6.76. The number of likely N-dealkylation sites (tertiary alicyclic amines) is 1. The summed E-state index contributed by atoms with van der Waals surface area (Å²) in [5, 5.41) is 0. The number of benzene rings is 1. The third-order valence-electron chi connectivity index (χ3n) is 7.81. The largest absolute Gasteiger partial charge is 0.342 e. The zero-order chi connectivity index (χ0) is 23.1. The first-order valence-electron chi connectivity index (χ1n) is 12.1. The van der Waals surface area contributed by atoms with Crippen molar-refractivity contribution in [3.8, 4) is 0 Å². The second-order valence-electron chi connectivity index (χ2n) is 9.97. The number of carbonyl (C=O) groups is 2. The van der Waals surface area contributed by atoms with E-state index in [9.17, 15) is 9.59 Å². The van der Waals surface area contributed by atoms with Crippen LogP contribution in [-0.2, 0) is 22.4 Å². The predicted octanol–water partition coefficient (Wildman–Crippen LogP) is 6.14. The topological polar surface area (TPSA) is 50.3 Å². The third kappa shape index (κ3) is 4.70. The number of aryl methyl sites for hydroxylation is 3. The number of hydrogen-bond acceptors (Lipinski definition) is 3. The lowest BCUT2D eigenvalue weighted by Gasteiger charge is -2.38. The van der Waals surface area contributed by atoms with Crippen molar-refractivity contribution in [1.29, 1.82) is 0 Å². The smallest absolute Gasteiger partial charge is 0.225 e. The molecule has 2 aliphatic carbocycles. The average molecular weight is 574 g/mol. The summed E-state index contributed by atoms with van der Waals surface area (Å²) in [5.41, 5.74) is 6.64. The van der Waals surface area contributed by atoms with Crippen LogP contribution in [-0.4, -0.2) is 34.7 Å². The van der Waals surface area contributed by atoms with Crippen molar-refractivity contribution in [2.75, 3.05) is 13.1 Å². The molecule has 0 bridgehead atoms. The molecule has 1 atom stereocenters. The minimum Gasteiger partial charge on any atom is -0.342 e. The standard InChI is InChI=1S/C27H30Br2N2O2/c1-16-12-19-2-3-20-14-21(28)15-30-26(20)25(24(19)23(29)13-16)17-8-10-31(11-9-17)27(33)18-4-6-22(32)7-5-18/h12-15,17-18,25H,2-11H2,1H3/t25-/m1/s1. The molecule has 4 nitrogen and oxygen atoms in total. The SMILES string of the molecule is Cc1cc(Br)c2c(c1)CCc1cc(Br)cnc1[C@@H]2C1CCN(C(=O)C2CCC(=O)CC2)CC1. The Morgan fingerprint density at radius 1 is 0.970 bits per heavy atom. The molecule has 1 aliphatic heterocycles. The second-order valence-corrected chi connectivity index (χ2v) is 11.7. The minimum atomic E-state index is 0.0368. The number of pyridine rings is 1. The summed E-state index contributed by atoms with van der Waals surface area (Å²) in [7, 11) is 0. The van der Waals surface area contributed by atoms with E-state index in [1.165, 1.54) is 32.4 Å². The Labute approximate surface area is 212 Å². The van der Waals surface area contributed by atoms with Gasteiger partial charge in [-0.3, -0.25) is 14.6 Å². The Bertz CT molecular complexity index is 1080. The summed E-state index contributed by atoms with van der Waals surface area (Å²) >= 11 is 7.53. The van der Waals surface area contributed by atoms with Gasteiger partial charge >= 0.3 is 0 Å². The van der Waals surface area contributed by atoms with Crippen molar-refractivity contribution >= 4 is 43.6 Å². The second kappa shape index (κ2) is 9.61. The average Bonchev–Trinajstić information content (AvgIpc) is 2.96. The van der Waals surface area contributed by atoms with Crippen LogP contribution in [0.15, 0.2) is 33.3 Å². The molecule has 1 aromatic heterocycles. The predicted molar refractivity (Wildman–Crippen MR) is 136 cm³/mol. The number of carbonyl (C=O) groups excluding carboxylic acids is 2. The van der Waals surface area contributed by atoms with Gasteiger partial charge in [-0.05, 0) is 102 Å². The molecule has 2 heterocycles. The maximum atomic E-state index is 13.1. The van der Waals surface area contributed by atoms with E-state index < -0.39 is 0 Å². The van der Waals surface area contributed by atoms with Crippen LogP contribution < -0.4 is 0 Å². The van der Waals surface area contributed by atoms with Crippen molar-refractivity contribution in [2.24, 2.45) is 11.8 Å². The number of Topliss-reactive ketones (excluding diaryl/α,β-unsaturated/α-hetero) is 1. The van der Waals surface area contributed by atoms with Gasteiger partial charge in [-0.25, -0.2) is 0 Å². The lowest BCUT2D eigenvalue weighted by Crippen LogP contribution is -2.43. The molecule has 174 valence electrons. The van der Waals surface area contributed by atoms with E-state index in [4.69, 9.17) is 4.98 Å². The fraction of sp³-hybridized carbons (Fsp3) is 0.519. The van der Waals surface area contributed by atoms with E-state index in [1.807, 2.05) is 6.20 Å². The summed E-state index contributed by atoms with van der Waals surface area (Å²) in [6.45, 7) is 3.76. The summed E-state index contributed by atoms with van der Waals surface area (Å²) in [4.78, 5) is 31.7. The first-order valence-corrected chi connectivity index (χ1v) is 13.7. The molecule has 0 N–H and O–H groups in total. The number of aromatic nitrogens is 1. The number of piperidine rings is 1.